The minimum absolute atomic E-state index is 0.0621. The molecule has 2 heterocycles. The summed E-state index contributed by atoms with van der Waals surface area (Å²) in [6, 6.07) is 8.44. The van der Waals surface area contributed by atoms with Crippen LogP contribution in [-0.4, -0.2) is 23.3 Å². The summed E-state index contributed by atoms with van der Waals surface area (Å²) in [5, 5.41) is 2.78. The van der Waals surface area contributed by atoms with Gasteiger partial charge in [0.25, 0.3) is 0 Å². The highest BCUT2D eigenvalue weighted by Crippen LogP contribution is 2.20. The molecule has 0 saturated carbocycles. The van der Waals surface area contributed by atoms with Crippen molar-refractivity contribution in [1.82, 2.24) is 10.2 Å². The van der Waals surface area contributed by atoms with E-state index in [2.05, 4.69) is 5.32 Å². The zero-order valence-electron chi connectivity index (χ0n) is 13.4. The van der Waals surface area contributed by atoms with Crippen LogP contribution in [0.5, 0.6) is 0 Å². The van der Waals surface area contributed by atoms with Gasteiger partial charge in [0.1, 0.15) is 11.6 Å². The van der Waals surface area contributed by atoms with E-state index in [0.29, 0.717) is 30.0 Å². The zero-order valence-corrected chi connectivity index (χ0v) is 13.4. The minimum Gasteiger partial charge on any atom is -0.467 e. The van der Waals surface area contributed by atoms with Gasteiger partial charge in [0.05, 0.1) is 18.7 Å². The summed E-state index contributed by atoms with van der Waals surface area (Å²) in [5.74, 6) is -0.232. The number of aryl methyl sites for hydroxylation is 1. The number of nitrogens with one attached hydrogen (secondary N) is 1. The van der Waals surface area contributed by atoms with E-state index < -0.39 is 0 Å². The standard InChI is InChI=1S/C18H19FN2O3/c1-12-4-5-13(7-16(12)19)9-20-18(23)14-8-17(22)21(10-14)11-15-3-2-6-24-15/h2-7,14H,8-11H2,1H3,(H,20,23). The second-order valence-corrected chi connectivity index (χ2v) is 6.06. The van der Waals surface area contributed by atoms with Gasteiger partial charge in [0, 0.05) is 19.5 Å². The Morgan fingerprint density at radius 1 is 1.42 bits per heavy atom. The molecule has 1 unspecified atom stereocenters. The molecule has 3 rings (SSSR count). The smallest absolute Gasteiger partial charge is 0.225 e. The van der Waals surface area contributed by atoms with Crippen LogP contribution in [0.25, 0.3) is 0 Å². The van der Waals surface area contributed by atoms with E-state index in [1.165, 1.54) is 6.07 Å². The maximum atomic E-state index is 13.5. The van der Waals surface area contributed by atoms with Gasteiger partial charge in [-0.2, -0.15) is 0 Å². The Hall–Kier alpha value is -2.63. The van der Waals surface area contributed by atoms with Crippen molar-refractivity contribution >= 4 is 11.8 Å². The van der Waals surface area contributed by atoms with Crippen LogP contribution in [0, 0.1) is 18.7 Å². The number of halogens is 1. The maximum absolute atomic E-state index is 13.5. The van der Waals surface area contributed by atoms with Gasteiger partial charge >= 0.3 is 0 Å². The zero-order chi connectivity index (χ0) is 17.1. The molecule has 1 aliphatic heterocycles. The average molecular weight is 330 g/mol. The van der Waals surface area contributed by atoms with Crippen LogP contribution < -0.4 is 5.32 Å². The number of benzene rings is 1. The Labute approximate surface area is 139 Å². The highest BCUT2D eigenvalue weighted by atomic mass is 19.1. The van der Waals surface area contributed by atoms with Crippen molar-refractivity contribution in [1.29, 1.82) is 0 Å². The van der Waals surface area contributed by atoms with Crippen molar-refractivity contribution in [3.63, 3.8) is 0 Å². The summed E-state index contributed by atoms with van der Waals surface area (Å²) in [6.07, 6.45) is 1.75. The monoisotopic (exact) mass is 330 g/mol. The number of hydrogen-bond acceptors (Lipinski definition) is 3. The number of amides is 2. The van der Waals surface area contributed by atoms with E-state index in [4.69, 9.17) is 4.42 Å². The van der Waals surface area contributed by atoms with Crippen LogP contribution in [0.4, 0.5) is 4.39 Å². The number of likely N-dealkylation sites (tertiary alicyclic amines) is 1. The average Bonchev–Trinajstić information content (AvgIpc) is 3.19. The SMILES string of the molecule is Cc1ccc(CNC(=O)C2CC(=O)N(Cc3ccco3)C2)cc1F. The number of furan rings is 1. The summed E-state index contributed by atoms with van der Waals surface area (Å²) in [4.78, 5) is 25.9. The van der Waals surface area contributed by atoms with Crippen molar-refractivity contribution in [2.45, 2.75) is 26.4 Å². The number of rotatable bonds is 5. The summed E-state index contributed by atoms with van der Waals surface area (Å²) in [6.45, 7) is 2.68. The normalized spacial score (nSPS) is 17.3. The van der Waals surface area contributed by atoms with Crippen molar-refractivity contribution in [3.8, 4) is 0 Å². The lowest BCUT2D eigenvalue weighted by Crippen LogP contribution is -2.32. The Bertz CT molecular complexity index is 743. The first-order chi connectivity index (χ1) is 11.5. The molecule has 1 atom stereocenters. The molecule has 1 aliphatic rings. The van der Waals surface area contributed by atoms with Crippen LogP contribution in [0.3, 0.4) is 0 Å². The van der Waals surface area contributed by atoms with E-state index in [-0.39, 0.29) is 36.5 Å². The third kappa shape index (κ3) is 3.64. The summed E-state index contributed by atoms with van der Waals surface area (Å²) < 4.78 is 18.8. The Morgan fingerprint density at radius 2 is 2.25 bits per heavy atom. The first kappa shape index (κ1) is 16.2. The summed E-state index contributed by atoms with van der Waals surface area (Å²) in [7, 11) is 0. The summed E-state index contributed by atoms with van der Waals surface area (Å²) in [5.41, 5.74) is 1.27. The molecule has 1 aromatic heterocycles. The topological polar surface area (TPSA) is 62.6 Å². The van der Waals surface area contributed by atoms with Crippen LogP contribution in [0.15, 0.2) is 41.0 Å². The first-order valence-electron chi connectivity index (χ1n) is 7.86. The predicted octanol–water partition coefficient (Wildman–Crippen LogP) is 2.39. The fourth-order valence-electron chi connectivity index (χ4n) is 2.77. The van der Waals surface area contributed by atoms with E-state index in [0.717, 1.165) is 0 Å². The Balaban J connectivity index is 1.53. The molecule has 2 aromatic rings. The van der Waals surface area contributed by atoms with Gasteiger partial charge in [-0.25, -0.2) is 4.39 Å². The highest BCUT2D eigenvalue weighted by molar-refractivity contribution is 5.89. The van der Waals surface area contributed by atoms with Gasteiger partial charge in [-0.1, -0.05) is 12.1 Å². The molecule has 6 heteroatoms. The fourth-order valence-corrected chi connectivity index (χ4v) is 2.77. The molecule has 2 amide bonds. The van der Waals surface area contributed by atoms with E-state index in [9.17, 15) is 14.0 Å². The minimum atomic E-state index is -0.386. The largest absolute Gasteiger partial charge is 0.467 e. The molecule has 0 aliphatic carbocycles. The van der Waals surface area contributed by atoms with Crippen LogP contribution >= 0.6 is 0 Å². The molecule has 0 bridgehead atoms. The number of hydrogen-bond donors (Lipinski definition) is 1. The van der Waals surface area contributed by atoms with Crippen molar-refractivity contribution in [2.24, 2.45) is 5.92 Å². The Morgan fingerprint density at radius 3 is 2.96 bits per heavy atom. The van der Waals surface area contributed by atoms with E-state index >= 15 is 0 Å². The molecule has 5 nitrogen and oxygen atoms in total. The second kappa shape index (κ2) is 6.86. The Kier molecular flexibility index (Phi) is 4.64. The van der Waals surface area contributed by atoms with Gasteiger partial charge < -0.3 is 14.6 Å². The van der Waals surface area contributed by atoms with Gasteiger partial charge in [-0.3, -0.25) is 9.59 Å². The molecular formula is C18H19FN2O3. The highest BCUT2D eigenvalue weighted by Gasteiger charge is 2.34. The first-order valence-corrected chi connectivity index (χ1v) is 7.86. The van der Waals surface area contributed by atoms with Gasteiger partial charge in [0.2, 0.25) is 11.8 Å². The molecule has 0 spiro atoms. The van der Waals surface area contributed by atoms with Gasteiger partial charge in [-0.15, -0.1) is 0 Å². The quantitative estimate of drug-likeness (QED) is 0.916. The third-order valence-corrected chi connectivity index (χ3v) is 4.22. The van der Waals surface area contributed by atoms with Crippen molar-refractivity contribution in [3.05, 3.63) is 59.3 Å². The lowest BCUT2D eigenvalue weighted by Gasteiger charge is -2.15. The number of carbonyl (C=O) groups is 2. The van der Waals surface area contributed by atoms with Crippen LogP contribution in [0.2, 0.25) is 0 Å². The molecule has 1 saturated heterocycles. The van der Waals surface area contributed by atoms with Crippen molar-refractivity contribution < 1.29 is 18.4 Å². The summed E-state index contributed by atoms with van der Waals surface area (Å²) >= 11 is 0. The predicted molar refractivity (Wildman–Crippen MR) is 85.2 cm³/mol. The lowest BCUT2D eigenvalue weighted by molar-refractivity contribution is -0.129. The molecule has 0 radical (unpaired) electrons. The second-order valence-electron chi connectivity index (χ2n) is 6.06. The molecular weight excluding hydrogens is 311 g/mol. The molecule has 1 fully saturated rings. The molecule has 126 valence electrons. The molecule has 1 aromatic carbocycles. The molecule has 24 heavy (non-hydrogen) atoms. The van der Waals surface area contributed by atoms with Crippen LogP contribution in [-0.2, 0) is 22.7 Å². The van der Waals surface area contributed by atoms with Crippen molar-refractivity contribution in [2.75, 3.05) is 6.54 Å². The number of carbonyl (C=O) groups excluding carboxylic acids is 2. The number of nitrogens with zero attached hydrogens (tertiary/aromatic N) is 1. The van der Waals surface area contributed by atoms with Crippen LogP contribution in [0.1, 0.15) is 23.3 Å². The molecule has 1 N–H and O–H groups in total. The maximum Gasteiger partial charge on any atom is 0.225 e. The van der Waals surface area contributed by atoms with Gasteiger partial charge in [0.15, 0.2) is 0 Å². The fraction of sp³-hybridized carbons (Fsp3) is 0.333. The third-order valence-electron chi connectivity index (χ3n) is 4.22. The van der Waals surface area contributed by atoms with E-state index in [1.807, 2.05) is 0 Å². The van der Waals surface area contributed by atoms with Gasteiger partial charge in [-0.05, 0) is 36.2 Å². The lowest BCUT2D eigenvalue weighted by atomic mass is 10.1. The van der Waals surface area contributed by atoms with E-state index in [1.54, 1.807) is 42.4 Å².